The Morgan fingerprint density at radius 3 is 2.55 bits per heavy atom. The van der Waals surface area contributed by atoms with Gasteiger partial charge in [0.25, 0.3) is 0 Å². The second-order valence-corrected chi connectivity index (χ2v) is 9.89. The zero-order valence-electron chi connectivity index (χ0n) is 18.7. The fraction of sp³-hybridized carbons (Fsp3) is 0.545. The van der Waals surface area contributed by atoms with Crippen LogP contribution in [0.5, 0.6) is 0 Å². The first-order valence-electron chi connectivity index (χ1n) is 10.4. The lowest BCUT2D eigenvalue weighted by molar-refractivity contribution is -0.144. The SMILES string of the molecule is COC(=O)C(c1cccc(Nc2ncc(C)s2)n1)C1CCN(C(=O)OC(C)(C)C)CC1. The molecule has 1 amide bonds. The van der Waals surface area contributed by atoms with Gasteiger partial charge >= 0.3 is 12.1 Å². The van der Waals surface area contributed by atoms with Crippen molar-refractivity contribution in [2.24, 2.45) is 5.92 Å². The maximum absolute atomic E-state index is 12.7. The molecule has 0 aliphatic carbocycles. The third-order valence-corrected chi connectivity index (χ3v) is 5.89. The van der Waals surface area contributed by atoms with Crippen LogP contribution >= 0.6 is 11.3 Å². The summed E-state index contributed by atoms with van der Waals surface area (Å²) >= 11 is 1.54. The lowest BCUT2D eigenvalue weighted by atomic mass is 9.82. The first kappa shape index (κ1) is 23.0. The summed E-state index contributed by atoms with van der Waals surface area (Å²) in [5.74, 6) is -0.154. The average molecular weight is 447 g/mol. The van der Waals surface area contributed by atoms with Crippen LogP contribution in [0.1, 0.15) is 50.1 Å². The molecule has 1 N–H and O–H groups in total. The van der Waals surface area contributed by atoms with Gasteiger partial charge in [-0.25, -0.2) is 14.8 Å². The molecule has 2 aromatic heterocycles. The molecule has 2 aromatic rings. The summed E-state index contributed by atoms with van der Waals surface area (Å²) in [7, 11) is 1.39. The molecule has 1 saturated heterocycles. The molecule has 3 heterocycles. The maximum Gasteiger partial charge on any atom is 0.410 e. The number of aromatic nitrogens is 2. The quantitative estimate of drug-likeness (QED) is 0.676. The van der Waals surface area contributed by atoms with Gasteiger partial charge in [-0.3, -0.25) is 4.79 Å². The maximum atomic E-state index is 12.7. The monoisotopic (exact) mass is 446 g/mol. The number of nitrogens with zero attached hydrogens (tertiary/aromatic N) is 3. The molecule has 0 aromatic carbocycles. The summed E-state index contributed by atoms with van der Waals surface area (Å²) in [6, 6.07) is 5.57. The van der Waals surface area contributed by atoms with Crippen LogP contribution < -0.4 is 5.32 Å². The van der Waals surface area contributed by atoms with Gasteiger partial charge < -0.3 is 19.7 Å². The molecule has 0 bridgehead atoms. The predicted octanol–water partition coefficient (Wildman–Crippen LogP) is 4.49. The van der Waals surface area contributed by atoms with E-state index in [9.17, 15) is 9.59 Å². The van der Waals surface area contributed by atoms with Gasteiger partial charge in [0.15, 0.2) is 5.13 Å². The molecule has 3 rings (SSSR count). The molecular formula is C22H30N4O4S. The minimum Gasteiger partial charge on any atom is -0.468 e. The van der Waals surface area contributed by atoms with Gasteiger partial charge in [-0.1, -0.05) is 6.07 Å². The van der Waals surface area contributed by atoms with Gasteiger partial charge in [0.1, 0.15) is 17.3 Å². The summed E-state index contributed by atoms with van der Waals surface area (Å²) in [4.78, 5) is 36.8. The zero-order valence-corrected chi connectivity index (χ0v) is 19.5. The molecule has 1 unspecified atom stereocenters. The fourth-order valence-corrected chi connectivity index (χ4v) is 4.31. The minimum atomic E-state index is -0.532. The van der Waals surface area contributed by atoms with Crippen molar-refractivity contribution in [3.8, 4) is 0 Å². The number of aryl methyl sites for hydroxylation is 1. The van der Waals surface area contributed by atoms with E-state index in [0.717, 1.165) is 10.0 Å². The van der Waals surface area contributed by atoms with Crippen molar-refractivity contribution < 1.29 is 19.1 Å². The van der Waals surface area contributed by atoms with Crippen molar-refractivity contribution in [3.63, 3.8) is 0 Å². The molecule has 0 radical (unpaired) electrons. The number of hydrogen-bond acceptors (Lipinski definition) is 8. The lowest BCUT2D eigenvalue weighted by Crippen LogP contribution is -2.43. The van der Waals surface area contributed by atoms with E-state index in [2.05, 4.69) is 15.3 Å². The molecule has 9 heteroatoms. The molecular weight excluding hydrogens is 416 g/mol. The summed E-state index contributed by atoms with van der Waals surface area (Å²) in [5, 5.41) is 3.95. The predicted molar refractivity (Wildman–Crippen MR) is 120 cm³/mol. The van der Waals surface area contributed by atoms with E-state index >= 15 is 0 Å². The van der Waals surface area contributed by atoms with Gasteiger partial charge in [-0.2, -0.15) is 0 Å². The number of anilines is 2. The van der Waals surface area contributed by atoms with Gasteiger partial charge in [-0.15, -0.1) is 11.3 Å². The molecule has 0 spiro atoms. The Bertz CT molecular complexity index is 916. The molecule has 8 nitrogen and oxygen atoms in total. The third-order valence-electron chi connectivity index (χ3n) is 5.06. The Balaban J connectivity index is 1.72. The first-order valence-corrected chi connectivity index (χ1v) is 11.2. The molecule has 1 aliphatic rings. The normalized spacial score (nSPS) is 16.0. The zero-order chi connectivity index (χ0) is 22.6. The number of piperidine rings is 1. The van der Waals surface area contributed by atoms with Crippen molar-refractivity contribution in [3.05, 3.63) is 35.0 Å². The summed E-state index contributed by atoms with van der Waals surface area (Å²) < 4.78 is 10.6. The number of pyridine rings is 1. The van der Waals surface area contributed by atoms with Crippen LogP contribution in [0.4, 0.5) is 15.7 Å². The van der Waals surface area contributed by atoms with Crippen molar-refractivity contribution in [2.45, 2.75) is 52.1 Å². The van der Waals surface area contributed by atoms with E-state index < -0.39 is 11.5 Å². The fourth-order valence-electron chi connectivity index (χ4n) is 3.64. The van der Waals surface area contributed by atoms with Crippen molar-refractivity contribution in [1.82, 2.24) is 14.9 Å². The van der Waals surface area contributed by atoms with E-state index in [0.29, 0.717) is 37.4 Å². The summed E-state index contributed by atoms with van der Waals surface area (Å²) in [6.45, 7) is 8.61. The molecule has 0 saturated carbocycles. The van der Waals surface area contributed by atoms with Gasteiger partial charge in [-0.05, 0) is 58.6 Å². The molecule has 1 atom stereocenters. The number of amides is 1. The second-order valence-electron chi connectivity index (χ2n) is 8.65. The number of ether oxygens (including phenoxy) is 2. The summed E-state index contributed by atoms with van der Waals surface area (Å²) in [6.07, 6.45) is 2.82. The topological polar surface area (TPSA) is 93.6 Å². The average Bonchev–Trinajstić information content (AvgIpc) is 3.12. The highest BCUT2D eigenvalue weighted by Crippen LogP contribution is 2.34. The second kappa shape index (κ2) is 9.64. The molecule has 1 aliphatic heterocycles. The first-order chi connectivity index (χ1) is 14.7. The van der Waals surface area contributed by atoms with Crippen molar-refractivity contribution >= 4 is 34.3 Å². The number of hydrogen-bond donors (Lipinski definition) is 1. The molecule has 31 heavy (non-hydrogen) atoms. The van der Waals surface area contributed by atoms with Crippen LogP contribution in [0.3, 0.4) is 0 Å². The minimum absolute atomic E-state index is 0.0241. The van der Waals surface area contributed by atoms with Crippen LogP contribution in [-0.2, 0) is 14.3 Å². The Morgan fingerprint density at radius 1 is 1.26 bits per heavy atom. The molecule has 1 fully saturated rings. The molecule has 168 valence electrons. The Hall–Kier alpha value is -2.68. The number of carbonyl (C=O) groups is 2. The lowest BCUT2D eigenvalue weighted by Gasteiger charge is -2.35. The number of likely N-dealkylation sites (tertiary alicyclic amines) is 1. The largest absolute Gasteiger partial charge is 0.468 e. The highest BCUT2D eigenvalue weighted by molar-refractivity contribution is 7.15. The van der Waals surface area contributed by atoms with Crippen LogP contribution in [0.25, 0.3) is 0 Å². The number of rotatable bonds is 5. The number of carbonyl (C=O) groups excluding carboxylic acids is 2. The van der Waals surface area contributed by atoms with E-state index in [4.69, 9.17) is 9.47 Å². The Kier molecular flexibility index (Phi) is 7.15. The van der Waals surface area contributed by atoms with Gasteiger partial charge in [0, 0.05) is 24.2 Å². The third kappa shape index (κ3) is 6.16. The van der Waals surface area contributed by atoms with Crippen LogP contribution in [-0.4, -0.2) is 52.7 Å². The van der Waals surface area contributed by atoms with E-state index in [1.54, 1.807) is 11.1 Å². The number of methoxy groups -OCH3 is 1. The van der Waals surface area contributed by atoms with Crippen molar-refractivity contribution in [1.29, 1.82) is 0 Å². The summed E-state index contributed by atoms with van der Waals surface area (Å²) in [5.41, 5.74) is 0.122. The standard InChI is InChI=1S/C22H30N4O4S/c1-14-13-23-20(31-14)25-17-8-6-7-16(24-17)18(19(27)29-5)15-9-11-26(12-10-15)21(28)30-22(2,3)4/h6-8,13,15,18H,9-12H2,1-5H3,(H,23,24,25). The van der Waals surface area contributed by atoms with Gasteiger partial charge in [0.05, 0.1) is 12.8 Å². The number of esters is 1. The highest BCUT2D eigenvalue weighted by atomic mass is 32.1. The van der Waals surface area contributed by atoms with E-state index in [1.807, 2.05) is 45.9 Å². The van der Waals surface area contributed by atoms with Gasteiger partial charge in [0.2, 0.25) is 0 Å². The smallest absolute Gasteiger partial charge is 0.410 e. The van der Waals surface area contributed by atoms with Crippen LogP contribution in [0, 0.1) is 12.8 Å². The Labute approximate surface area is 187 Å². The van der Waals surface area contributed by atoms with E-state index in [1.165, 1.54) is 18.4 Å². The highest BCUT2D eigenvalue weighted by Gasteiger charge is 2.36. The van der Waals surface area contributed by atoms with Crippen LogP contribution in [0.2, 0.25) is 0 Å². The van der Waals surface area contributed by atoms with Crippen LogP contribution in [0.15, 0.2) is 24.4 Å². The number of nitrogens with one attached hydrogen (secondary N) is 1. The number of thiazole rings is 1. The van der Waals surface area contributed by atoms with Crippen molar-refractivity contribution in [2.75, 3.05) is 25.5 Å². The van der Waals surface area contributed by atoms with E-state index in [-0.39, 0.29) is 18.0 Å². The Morgan fingerprint density at radius 2 is 1.97 bits per heavy atom.